The van der Waals surface area contributed by atoms with Crippen LogP contribution in [-0.4, -0.2) is 31.6 Å². The number of carbonyl (C=O) groups excluding carboxylic acids is 1. The van der Waals surface area contributed by atoms with Crippen molar-refractivity contribution in [2.45, 2.75) is 33.4 Å². The standard InChI is InChI=1S/C22H29FN4O2/c1-15(2)21(28)27-19-10-8-17(9-11-19)14-26-22(24-4)25-13-16(3)29-20-7-5-6-18(23)12-20/h5-12,15-16H,13-14H2,1-4H3,(H,27,28)(H2,24,25,26). The number of hydrogen-bond donors (Lipinski definition) is 3. The van der Waals surface area contributed by atoms with Crippen LogP contribution in [0.1, 0.15) is 26.3 Å². The molecule has 0 spiro atoms. The van der Waals surface area contributed by atoms with Crippen molar-refractivity contribution in [3.8, 4) is 5.75 Å². The number of ether oxygens (including phenoxy) is 1. The average Bonchev–Trinajstić information content (AvgIpc) is 2.69. The summed E-state index contributed by atoms with van der Waals surface area (Å²) in [5, 5.41) is 9.28. The van der Waals surface area contributed by atoms with Gasteiger partial charge in [0.1, 0.15) is 17.7 Å². The smallest absolute Gasteiger partial charge is 0.226 e. The van der Waals surface area contributed by atoms with Gasteiger partial charge in [0.05, 0.1) is 6.54 Å². The Morgan fingerprint density at radius 1 is 1.10 bits per heavy atom. The number of hydrogen-bond acceptors (Lipinski definition) is 3. The van der Waals surface area contributed by atoms with Gasteiger partial charge in [-0.2, -0.15) is 0 Å². The molecule has 29 heavy (non-hydrogen) atoms. The molecule has 0 fully saturated rings. The second-order valence-corrected chi connectivity index (χ2v) is 7.03. The van der Waals surface area contributed by atoms with Crippen molar-refractivity contribution in [1.82, 2.24) is 10.6 Å². The molecule has 1 unspecified atom stereocenters. The van der Waals surface area contributed by atoms with Gasteiger partial charge in [0.15, 0.2) is 5.96 Å². The Hall–Kier alpha value is -3.09. The monoisotopic (exact) mass is 400 g/mol. The third-order valence-corrected chi connectivity index (χ3v) is 4.12. The Morgan fingerprint density at radius 3 is 2.45 bits per heavy atom. The number of aliphatic imine (C=N–C) groups is 1. The minimum Gasteiger partial charge on any atom is -0.489 e. The van der Waals surface area contributed by atoms with E-state index >= 15 is 0 Å². The predicted molar refractivity (Wildman–Crippen MR) is 115 cm³/mol. The van der Waals surface area contributed by atoms with E-state index in [9.17, 15) is 9.18 Å². The molecule has 7 heteroatoms. The second-order valence-electron chi connectivity index (χ2n) is 7.03. The van der Waals surface area contributed by atoms with Crippen LogP contribution in [0.15, 0.2) is 53.5 Å². The van der Waals surface area contributed by atoms with E-state index in [0.717, 1.165) is 11.3 Å². The van der Waals surface area contributed by atoms with E-state index in [2.05, 4.69) is 20.9 Å². The maximum absolute atomic E-state index is 13.2. The van der Waals surface area contributed by atoms with E-state index < -0.39 is 0 Å². The molecule has 0 saturated carbocycles. The minimum atomic E-state index is -0.324. The quantitative estimate of drug-likeness (QED) is 0.468. The van der Waals surface area contributed by atoms with Gasteiger partial charge in [-0.1, -0.05) is 32.0 Å². The number of anilines is 1. The summed E-state index contributed by atoms with van der Waals surface area (Å²) >= 11 is 0. The Kier molecular flexibility index (Phi) is 8.45. The van der Waals surface area contributed by atoms with E-state index in [4.69, 9.17) is 4.74 Å². The Bertz CT molecular complexity index is 822. The first kappa shape index (κ1) is 22.2. The maximum Gasteiger partial charge on any atom is 0.226 e. The van der Waals surface area contributed by atoms with Crippen molar-refractivity contribution in [3.05, 3.63) is 59.9 Å². The fourth-order valence-electron chi connectivity index (χ4n) is 2.45. The number of halogens is 1. The molecular weight excluding hydrogens is 371 g/mol. The molecule has 0 aliphatic heterocycles. The van der Waals surface area contributed by atoms with E-state index in [1.54, 1.807) is 19.2 Å². The first-order chi connectivity index (χ1) is 13.9. The number of nitrogens with zero attached hydrogens (tertiary/aromatic N) is 1. The van der Waals surface area contributed by atoms with Gasteiger partial charge in [-0.25, -0.2) is 4.39 Å². The molecule has 0 bridgehead atoms. The van der Waals surface area contributed by atoms with Gasteiger partial charge in [-0.05, 0) is 36.8 Å². The summed E-state index contributed by atoms with van der Waals surface area (Å²) in [6.07, 6.45) is -0.167. The van der Waals surface area contributed by atoms with Crippen molar-refractivity contribution in [2.24, 2.45) is 10.9 Å². The largest absolute Gasteiger partial charge is 0.489 e. The summed E-state index contributed by atoms with van der Waals surface area (Å²) in [5.41, 5.74) is 1.83. The predicted octanol–water partition coefficient (Wildman–Crippen LogP) is 3.55. The number of rotatable bonds is 8. The summed E-state index contributed by atoms with van der Waals surface area (Å²) in [6.45, 7) is 6.70. The van der Waals surface area contributed by atoms with Crippen LogP contribution < -0.4 is 20.7 Å². The molecule has 1 amide bonds. The van der Waals surface area contributed by atoms with Crippen molar-refractivity contribution in [2.75, 3.05) is 18.9 Å². The van der Waals surface area contributed by atoms with Gasteiger partial charge in [0.2, 0.25) is 5.91 Å². The van der Waals surface area contributed by atoms with Crippen molar-refractivity contribution >= 4 is 17.6 Å². The molecule has 0 aliphatic rings. The zero-order valence-corrected chi connectivity index (χ0v) is 17.3. The lowest BCUT2D eigenvalue weighted by atomic mass is 10.1. The molecular formula is C22H29FN4O2. The summed E-state index contributed by atoms with van der Waals surface area (Å²) in [6, 6.07) is 13.7. The van der Waals surface area contributed by atoms with Gasteiger partial charge in [0.25, 0.3) is 0 Å². The van der Waals surface area contributed by atoms with Crippen molar-refractivity contribution < 1.29 is 13.9 Å². The van der Waals surface area contributed by atoms with E-state index in [0.29, 0.717) is 24.8 Å². The fourth-order valence-corrected chi connectivity index (χ4v) is 2.45. The number of amides is 1. The fraction of sp³-hybridized carbons (Fsp3) is 0.364. The Labute approximate surface area is 171 Å². The Balaban J connectivity index is 1.77. The highest BCUT2D eigenvalue weighted by molar-refractivity contribution is 5.92. The van der Waals surface area contributed by atoms with Gasteiger partial charge < -0.3 is 20.7 Å². The zero-order chi connectivity index (χ0) is 21.2. The summed E-state index contributed by atoms with van der Waals surface area (Å²) in [5.74, 6) is 0.742. The van der Waals surface area contributed by atoms with E-state index in [1.807, 2.05) is 45.0 Å². The topological polar surface area (TPSA) is 74.8 Å². The van der Waals surface area contributed by atoms with Gasteiger partial charge in [-0.15, -0.1) is 0 Å². The number of nitrogens with one attached hydrogen (secondary N) is 3. The van der Waals surface area contributed by atoms with Crippen LogP contribution in [0.2, 0.25) is 0 Å². The first-order valence-corrected chi connectivity index (χ1v) is 9.64. The average molecular weight is 400 g/mol. The molecule has 0 aliphatic carbocycles. The number of guanidine groups is 1. The van der Waals surface area contributed by atoms with Crippen molar-refractivity contribution in [3.63, 3.8) is 0 Å². The first-order valence-electron chi connectivity index (χ1n) is 9.64. The third kappa shape index (κ3) is 7.81. The highest BCUT2D eigenvalue weighted by Crippen LogP contribution is 2.13. The molecule has 1 atom stereocenters. The molecule has 0 aromatic heterocycles. The van der Waals surface area contributed by atoms with E-state index in [-0.39, 0.29) is 23.7 Å². The maximum atomic E-state index is 13.2. The SMILES string of the molecule is CN=C(NCc1ccc(NC(=O)C(C)C)cc1)NCC(C)Oc1cccc(F)c1. The van der Waals surface area contributed by atoms with Crippen LogP contribution in [0.3, 0.4) is 0 Å². The molecule has 2 aromatic rings. The number of benzene rings is 2. The highest BCUT2D eigenvalue weighted by atomic mass is 19.1. The molecule has 0 radical (unpaired) electrons. The summed E-state index contributed by atoms with van der Waals surface area (Å²) in [4.78, 5) is 15.9. The van der Waals surface area contributed by atoms with Gasteiger partial charge in [0, 0.05) is 31.3 Å². The summed E-state index contributed by atoms with van der Waals surface area (Å²) < 4.78 is 18.9. The lowest BCUT2D eigenvalue weighted by Crippen LogP contribution is -2.41. The van der Waals surface area contributed by atoms with Gasteiger partial charge >= 0.3 is 0 Å². The molecule has 2 rings (SSSR count). The van der Waals surface area contributed by atoms with Crippen LogP contribution >= 0.6 is 0 Å². The highest BCUT2D eigenvalue weighted by Gasteiger charge is 2.08. The molecule has 6 nitrogen and oxygen atoms in total. The van der Waals surface area contributed by atoms with Crippen LogP contribution in [-0.2, 0) is 11.3 Å². The molecule has 0 heterocycles. The molecule has 156 valence electrons. The normalized spacial score (nSPS) is 12.4. The van der Waals surface area contributed by atoms with Crippen molar-refractivity contribution in [1.29, 1.82) is 0 Å². The lowest BCUT2D eigenvalue weighted by Gasteiger charge is -2.18. The van der Waals surface area contributed by atoms with Gasteiger partial charge in [-0.3, -0.25) is 9.79 Å². The zero-order valence-electron chi connectivity index (χ0n) is 17.3. The van der Waals surface area contributed by atoms with E-state index in [1.165, 1.54) is 12.1 Å². The van der Waals surface area contributed by atoms with Crippen LogP contribution in [0, 0.1) is 11.7 Å². The Morgan fingerprint density at radius 2 is 1.83 bits per heavy atom. The third-order valence-electron chi connectivity index (χ3n) is 4.12. The van der Waals surface area contributed by atoms with Crippen LogP contribution in [0.4, 0.5) is 10.1 Å². The minimum absolute atomic E-state index is 0.00458. The van der Waals surface area contributed by atoms with Crippen LogP contribution in [0.5, 0.6) is 5.75 Å². The molecule has 0 saturated heterocycles. The lowest BCUT2D eigenvalue weighted by molar-refractivity contribution is -0.118. The second kappa shape index (κ2) is 11.0. The molecule has 3 N–H and O–H groups in total. The molecule has 2 aromatic carbocycles. The summed E-state index contributed by atoms with van der Waals surface area (Å²) in [7, 11) is 1.69. The van der Waals surface area contributed by atoms with Crippen LogP contribution in [0.25, 0.3) is 0 Å². The number of carbonyl (C=O) groups is 1.